The highest BCUT2D eigenvalue weighted by molar-refractivity contribution is 5.36. The highest BCUT2D eigenvalue weighted by Gasteiger charge is 2.23. The second kappa shape index (κ2) is 7.31. The van der Waals surface area contributed by atoms with E-state index < -0.39 is 0 Å². The van der Waals surface area contributed by atoms with Crippen molar-refractivity contribution in [2.45, 2.75) is 40.2 Å². The fourth-order valence-electron chi connectivity index (χ4n) is 2.01. The molecule has 0 spiro atoms. The molecule has 3 nitrogen and oxygen atoms in total. The molecule has 1 atom stereocenters. The van der Waals surface area contributed by atoms with Gasteiger partial charge in [-0.1, -0.05) is 26.8 Å². The normalized spacial score (nSPS) is 13.1. The summed E-state index contributed by atoms with van der Waals surface area (Å²) in [5.41, 5.74) is 0.928. The second-order valence-corrected chi connectivity index (χ2v) is 6.36. The fraction of sp³-hybridized carbons (Fsp3) is 0.588. The van der Waals surface area contributed by atoms with Gasteiger partial charge in [-0.3, -0.25) is 0 Å². The molecule has 0 N–H and O–H groups in total. The van der Waals surface area contributed by atoms with Crippen molar-refractivity contribution in [2.75, 3.05) is 20.2 Å². The minimum atomic E-state index is 0.288. The zero-order valence-electron chi connectivity index (χ0n) is 13.3. The Balaban J connectivity index is 2.33. The van der Waals surface area contributed by atoms with Gasteiger partial charge in [0.05, 0.1) is 18.2 Å². The standard InChI is InChI=1S/C17H26N2O/c1-14(17(2,3)4)19(5)10-7-11-20-16-9-6-8-15(12-16)13-18/h6,8-9,12,14H,7,10-11H2,1-5H3. The van der Waals surface area contributed by atoms with E-state index in [0.29, 0.717) is 18.2 Å². The molecule has 0 radical (unpaired) electrons. The lowest BCUT2D eigenvalue weighted by atomic mass is 9.87. The Kier molecular flexibility index (Phi) is 6.04. The molecule has 110 valence electrons. The monoisotopic (exact) mass is 274 g/mol. The van der Waals surface area contributed by atoms with E-state index in [9.17, 15) is 0 Å². The lowest BCUT2D eigenvalue weighted by molar-refractivity contribution is 0.133. The van der Waals surface area contributed by atoms with Crippen LogP contribution < -0.4 is 4.74 Å². The first-order chi connectivity index (χ1) is 9.34. The molecule has 1 unspecified atom stereocenters. The average molecular weight is 274 g/mol. The van der Waals surface area contributed by atoms with E-state index >= 15 is 0 Å². The number of nitrogens with zero attached hydrogens (tertiary/aromatic N) is 2. The average Bonchev–Trinajstić information content (AvgIpc) is 2.41. The van der Waals surface area contributed by atoms with Gasteiger partial charge in [-0.25, -0.2) is 0 Å². The first kappa shape index (κ1) is 16.5. The Bertz CT molecular complexity index is 457. The minimum absolute atomic E-state index is 0.288. The van der Waals surface area contributed by atoms with Gasteiger partial charge in [0.2, 0.25) is 0 Å². The van der Waals surface area contributed by atoms with E-state index in [2.05, 4.69) is 45.7 Å². The van der Waals surface area contributed by atoms with Crippen LogP contribution in [0.3, 0.4) is 0 Å². The number of benzene rings is 1. The van der Waals surface area contributed by atoms with Crippen molar-refractivity contribution in [1.29, 1.82) is 5.26 Å². The summed E-state index contributed by atoms with van der Waals surface area (Å²) in [6.07, 6.45) is 0.980. The molecule has 3 heteroatoms. The van der Waals surface area contributed by atoms with Crippen molar-refractivity contribution in [3.05, 3.63) is 29.8 Å². The Labute approximate surface area is 123 Å². The molecular formula is C17H26N2O. The maximum absolute atomic E-state index is 8.83. The lowest BCUT2D eigenvalue weighted by Crippen LogP contribution is -2.40. The maximum Gasteiger partial charge on any atom is 0.120 e. The summed E-state index contributed by atoms with van der Waals surface area (Å²) >= 11 is 0. The largest absolute Gasteiger partial charge is 0.494 e. The number of rotatable bonds is 6. The van der Waals surface area contributed by atoms with Crippen molar-refractivity contribution in [2.24, 2.45) is 5.41 Å². The molecule has 0 saturated carbocycles. The Morgan fingerprint density at radius 3 is 2.65 bits per heavy atom. The summed E-state index contributed by atoms with van der Waals surface area (Å²) < 4.78 is 5.69. The highest BCUT2D eigenvalue weighted by atomic mass is 16.5. The molecular weight excluding hydrogens is 248 g/mol. The van der Waals surface area contributed by atoms with Crippen molar-refractivity contribution >= 4 is 0 Å². The molecule has 0 aliphatic heterocycles. The molecule has 0 fully saturated rings. The molecule has 0 saturated heterocycles. The first-order valence-corrected chi connectivity index (χ1v) is 7.18. The third kappa shape index (κ3) is 5.22. The van der Waals surface area contributed by atoms with Gasteiger partial charge in [-0.2, -0.15) is 5.26 Å². The molecule has 1 rings (SSSR count). The third-order valence-electron chi connectivity index (χ3n) is 3.80. The molecule has 0 amide bonds. The van der Waals surface area contributed by atoms with Crippen LogP contribution >= 0.6 is 0 Å². The Hall–Kier alpha value is -1.53. The van der Waals surface area contributed by atoms with E-state index in [-0.39, 0.29) is 5.41 Å². The minimum Gasteiger partial charge on any atom is -0.494 e. The Morgan fingerprint density at radius 2 is 2.05 bits per heavy atom. The summed E-state index contributed by atoms with van der Waals surface area (Å²) in [6.45, 7) is 10.7. The topological polar surface area (TPSA) is 36.3 Å². The van der Waals surface area contributed by atoms with Crippen molar-refractivity contribution < 1.29 is 4.74 Å². The van der Waals surface area contributed by atoms with Gasteiger partial charge in [-0.15, -0.1) is 0 Å². The molecule has 1 aromatic carbocycles. The quantitative estimate of drug-likeness (QED) is 0.742. The number of hydrogen-bond acceptors (Lipinski definition) is 3. The maximum atomic E-state index is 8.83. The van der Waals surface area contributed by atoms with Gasteiger partial charge >= 0.3 is 0 Å². The van der Waals surface area contributed by atoms with Gasteiger partial charge in [0.1, 0.15) is 5.75 Å². The third-order valence-corrected chi connectivity index (χ3v) is 3.80. The molecule has 1 aromatic rings. The van der Waals surface area contributed by atoms with Crippen LogP contribution in [0.25, 0.3) is 0 Å². The van der Waals surface area contributed by atoms with E-state index in [1.165, 1.54) is 0 Å². The van der Waals surface area contributed by atoms with E-state index in [1.54, 1.807) is 12.1 Å². The predicted molar refractivity (Wildman–Crippen MR) is 82.8 cm³/mol. The van der Waals surface area contributed by atoms with Crippen LogP contribution in [-0.2, 0) is 0 Å². The summed E-state index contributed by atoms with van der Waals surface area (Å²) in [5, 5.41) is 8.83. The van der Waals surface area contributed by atoms with Crippen molar-refractivity contribution in [3.8, 4) is 11.8 Å². The van der Waals surface area contributed by atoms with Crippen LogP contribution in [0.5, 0.6) is 5.75 Å². The smallest absolute Gasteiger partial charge is 0.120 e. The summed E-state index contributed by atoms with van der Waals surface area (Å²) in [5.74, 6) is 0.774. The van der Waals surface area contributed by atoms with Crippen molar-refractivity contribution in [3.63, 3.8) is 0 Å². The summed E-state index contributed by atoms with van der Waals surface area (Å²) in [4.78, 5) is 2.37. The molecule has 0 aromatic heterocycles. The Morgan fingerprint density at radius 1 is 1.35 bits per heavy atom. The number of nitriles is 1. The molecule has 0 aliphatic carbocycles. The second-order valence-electron chi connectivity index (χ2n) is 6.36. The van der Waals surface area contributed by atoms with Gasteiger partial charge < -0.3 is 9.64 Å². The van der Waals surface area contributed by atoms with E-state index in [4.69, 9.17) is 10.00 Å². The highest BCUT2D eigenvalue weighted by Crippen LogP contribution is 2.23. The number of hydrogen-bond donors (Lipinski definition) is 0. The predicted octanol–water partition coefficient (Wildman–Crippen LogP) is 3.69. The van der Waals surface area contributed by atoms with Crippen LogP contribution in [0.1, 0.15) is 39.7 Å². The number of ether oxygens (including phenoxy) is 1. The fourth-order valence-corrected chi connectivity index (χ4v) is 2.01. The van der Waals surface area contributed by atoms with E-state index in [1.807, 2.05) is 12.1 Å². The zero-order chi connectivity index (χ0) is 15.2. The molecule has 0 aliphatic rings. The molecule has 20 heavy (non-hydrogen) atoms. The lowest BCUT2D eigenvalue weighted by Gasteiger charge is -2.35. The van der Waals surface area contributed by atoms with Gasteiger partial charge in [0.15, 0.2) is 0 Å². The first-order valence-electron chi connectivity index (χ1n) is 7.18. The van der Waals surface area contributed by atoms with Gasteiger partial charge in [0.25, 0.3) is 0 Å². The molecule has 0 heterocycles. The summed E-state index contributed by atoms with van der Waals surface area (Å²) in [6, 6.07) is 9.95. The van der Waals surface area contributed by atoms with Crippen molar-refractivity contribution in [1.82, 2.24) is 4.90 Å². The van der Waals surface area contributed by atoms with Gasteiger partial charge in [0, 0.05) is 12.6 Å². The van der Waals surface area contributed by atoms with Gasteiger partial charge in [-0.05, 0) is 44.0 Å². The van der Waals surface area contributed by atoms with Crippen LogP contribution in [-0.4, -0.2) is 31.1 Å². The zero-order valence-corrected chi connectivity index (χ0v) is 13.3. The van der Waals surface area contributed by atoms with Crippen LogP contribution in [0.2, 0.25) is 0 Å². The van der Waals surface area contributed by atoms with Crippen LogP contribution in [0.15, 0.2) is 24.3 Å². The summed E-state index contributed by atoms with van der Waals surface area (Å²) in [7, 11) is 2.16. The van der Waals surface area contributed by atoms with Crippen LogP contribution in [0.4, 0.5) is 0 Å². The van der Waals surface area contributed by atoms with Crippen LogP contribution in [0, 0.1) is 16.7 Å². The van der Waals surface area contributed by atoms with E-state index in [0.717, 1.165) is 18.7 Å². The SMILES string of the molecule is CC(N(C)CCCOc1cccc(C#N)c1)C(C)(C)C. The molecule has 0 bridgehead atoms.